The summed E-state index contributed by atoms with van der Waals surface area (Å²) in [6.45, 7) is 7.28. The Morgan fingerprint density at radius 2 is 0.480 bits per heavy atom. The molecule has 17 nitrogen and oxygen atoms in total. The highest BCUT2D eigenvalue weighted by atomic mass is 31.2. The van der Waals surface area contributed by atoms with E-state index >= 15 is 0 Å². The maximum atomic E-state index is 13.1. The van der Waals surface area contributed by atoms with E-state index in [9.17, 15) is 43.2 Å². The lowest BCUT2D eigenvalue weighted by atomic mass is 10.00. The van der Waals surface area contributed by atoms with E-state index in [0.717, 1.165) is 102 Å². The number of rotatable bonds is 81. The fourth-order valence-corrected chi connectivity index (χ4v) is 14.1. The van der Waals surface area contributed by atoms with Gasteiger partial charge in [-0.2, -0.15) is 0 Å². The molecule has 0 fully saturated rings. The summed E-state index contributed by atoms with van der Waals surface area (Å²) in [5, 5.41) is 10.6. The average Bonchev–Trinajstić information content (AvgIpc) is 0.933. The lowest BCUT2D eigenvalue weighted by Gasteiger charge is -2.21. The van der Waals surface area contributed by atoms with Gasteiger partial charge in [0.15, 0.2) is 12.2 Å². The van der Waals surface area contributed by atoms with E-state index < -0.39 is 97.5 Å². The van der Waals surface area contributed by atoms with Gasteiger partial charge in [-0.05, 0) is 31.6 Å². The van der Waals surface area contributed by atoms with Crippen LogP contribution in [0, 0.1) is 5.92 Å². The standard InChI is InChI=1S/C81H158O17P2/c1-6-10-13-16-19-22-25-28-30-32-33-34-35-36-37-39-41-44-47-50-57-62-67-81(86)97-76(70-91-78(83)64-59-54-48-45-43-40-38-31-29-26-23-20-17-14-11-7-2)72-95-99(87,88)93-68-75(82)69-94-100(89,90)96-73-77(71-92-79(84)65-60-55-52-51-53-58-63-74(5)9-4)98-80(85)66-61-56-49-46-42-27-24-21-18-15-12-8-3/h74-77,82H,6-73H2,1-5H3,(H,87,88)(H,89,90)/t74?,75-,76-,77-/m1/s1. The van der Waals surface area contributed by atoms with Crippen LogP contribution in [0.5, 0.6) is 0 Å². The third kappa shape index (κ3) is 73.0. The molecule has 3 N–H and O–H groups in total. The van der Waals surface area contributed by atoms with Crippen LogP contribution < -0.4 is 0 Å². The summed E-state index contributed by atoms with van der Waals surface area (Å²) in [6, 6.07) is 0. The van der Waals surface area contributed by atoms with Gasteiger partial charge >= 0.3 is 39.5 Å². The first-order chi connectivity index (χ1) is 48.6. The largest absolute Gasteiger partial charge is 0.472 e. The molecule has 0 aliphatic heterocycles. The summed E-state index contributed by atoms with van der Waals surface area (Å²) in [5.74, 6) is -1.38. The van der Waals surface area contributed by atoms with E-state index in [2.05, 4.69) is 34.6 Å². The number of ether oxygens (including phenoxy) is 4. The van der Waals surface area contributed by atoms with E-state index in [1.165, 1.54) is 250 Å². The maximum absolute atomic E-state index is 13.1. The second kappa shape index (κ2) is 73.9. The number of carbonyl (C=O) groups is 4. The Kier molecular flexibility index (Phi) is 72.5. The zero-order valence-electron chi connectivity index (χ0n) is 65.3. The van der Waals surface area contributed by atoms with Crippen molar-refractivity contribution in [2.24, 2.45) is 5.92 Å². The predicted molar refractivity (Wildman–Crippen MR) is 409 cm³/mol. The molecule has 0 aromatic rings. The van der Waals surface area contributed by atoms with E-state index in [4.69, 9.17) is 37.0 Å². The third-order valence-corrected chi connectivity index (χ3v) is 21.3. The molecule has 0 saturated carbocycles. The van der Waals surface area contributed by atoms with Crippen LogP contribution in [0.2, 0.25) is 0 Å². The van der Waals surface area contributed by atoms with Gasteiger partial charge in [-0.1, -0.05) is 381 Å². The van der Waals surface area contributed by atoms with Gasteiger partial charge in [0.1, 0.15) is 19.3 Å². The number of aliphatic hydroxyl groups excluding tert-OH is 1. The molecule has 0 radical (unpaired) electrons. The van der Waals surface area contributed by atoms with Gasteiger partial charge in [0.25, 0.3) is 0 Å². The second-order valence-corrected chi connectivity index (χ2v) is 32.3. The highest BCUT2D eigenvalue weighted by Gasteiger charge is 2.30. The van der Waals surface area contributed by atoms with Crippen molar-refractivity contribution in [3.05, 3.63) is 0 Å². The van der Waals surface area contributed by atoms with Crippen LogP contribution in [-0.2, 0) is 65.4 Å². The number of esters is 4. The Morgan fingerprint density at radius 1 is 0.280 bits per heavy atom. The van der Waals surface area contributed by atoms with Crippen LogP contribution in [0.3, 0.4) is 0 Å². The zero-order valence-corrected chi connectivity index (χ0v) is 67.1. The smallest absolute Gasteiger partial charge is 0.462 e. The molecule has 0 bridgehead atoms. The summed E-state index contributed by atoms with van der Waals surface area (Å²) < 4.78 is 68.7. The summed E-state index contributed by atoms with van der Waals surface area (Å²) in [6.07, 6.45) is 65.3. The van der Waals surface area contributed by atoms with E-state index in [1.54, 1.807) is 0 Å². The lowest BCUT2D eigenvalue weighted by Crippen LogP contribution is -2.30. The molecule has 19 heteroatoms. The third-order valence-electron chi connectivity index (χ3n) is 19.4. The van der Waals surface area contributed by atoms with Gasteiger partial charge in [0.2, 0.25) is 0 Å². The van der Waals surface area contributed by atoms with Crippen molar-refractivity contribution in [2.45, 2.75) is 451 Å². The topological polar surface area (TPSA) is 237 Å². The van der Waals surface area contributed by atoms with Crippen molar-refractivity contribution in [3.8, 4) is 0 Å². The molecule has 0 heterocycles. The molecule has 0 amide bonds. The lowest BCUT2D eigenvalue weighted by molar-refractivity contribution is -0.161. The summed E-state index contributed by atoms with van der Waals surface area (Å²) >= 11 is 0. The van der Waals surface area contributed by atoms with Gasteiger partial charge in [-0.15, -0.1) is 0 Å². The Labute approximate surface area is 613 Å². The summed E-state index contributed by atoms with van der Waals surface area (Å²) in [5.41, 5.74) is 0. The first kappa shape index (κ1) is 98.1. The molecule has 100 heavy (non-hydrogen) atoms. The normalized spacial score (nSPS) is 14.1. The average molecular weight is 1470 g/mol. The number of aliphatic hydroxyl groups is 1. The molecule has 0 aliphatic carbocycles. The Balaban J connectivity index is 5.20. The number of carbonyl (C=O) groups excluding carboxylic acids is 4. The monoisotopic (exact) mass is 1470 g/mol. The molecule has 0 aliphatic rings. The fourth-order valence-electron chi connectivity index (χ4n) is 12.6. The number of hydrogen-bond donors (Lipinski definition) is 3. The van der Waals surface area contributed by atoms with Crippen molar-refractivity contribution in [3.63, 3.8) is 0 Å². The van der Waals surface area contributed by atoms with Crippen LogP contribution >= 0.6 is 15.6 Å². The molecule has 6 atom stereocenters. The van der Waals surface area contributed by atoms with Crippen LogP contribution in [0.15, 0.2) is 0 Å². The van der Waals surface area contributed by atoms with Gasteiger partial charge in [0, 0.05) is 25.7 Å². The quantitative estimate of drug-likeness (QED) is 0.0222. The van der Waals surface area contributed by atoms with E-state index in [0.29, 0.717) is 25.7 Å². The van der Waals surface area contributed by atoms with Crippen molar-refractivity contribution < 1.29 is 80.2 Å². The SMILES string of the molecule is CCCCCCCCCCCCCCCCCCCCCCCCC(=O)O[C@H](COC(=O)CCCCCCCCCCCCCCCCCC)COP(=O)(O)OC[C@@H](O)COP(=O)(O)OC[C@@H](COC(=O)CCCCCCCCC(C)CC)OC(=O)CCCCCCCCCCCCCC. The minimum atomic E-state index is -4.96. The number of phosphoric acid groups is 2. The Hall–Kier alpha value is -1.94. The van der Waals surface area contributed by atoms with Crippen LogP contribution in [0.1, 0.15) is 433 Å². The highest BCUT2D eigenvalue weighted by molar-refractivity contribution is 7.47. The van der Waals surface area contributed by atoms with E-state index in [-0.39, 0.29) is 25.7 Å². The Morgan fingerprint density at radius 3 is 0.710 bits per heavy atom. The second-order valence-electron chi connectivity index (χ2n) is 29.4. The van der Waals surface area contributed by atoms with Gasteiger partial charge in [0.05, 0.1) is 26.4 Å². The highest BCUT2D eigenvalue weighted by Crippen LogP contribution is 2.45. The van der Waals surface area contributed by atoms with E-state index in [1.807, 2.05) is 0 Å². The molecular formula is C81H158O17P2. The first-order valence-electron chi connectivity index (χ1n) is 42.2. The minimum Gasteiger partial charge on any atom is -0.462 e. The molecule has 0 aromatic carbocycles. The van der Waals surface area contributed by atoms with Crippen LogP contribution in [0.25, 0.3) is 0 Å². The molecule has 0 saturated heterocycles. The Bertz CT molecular complexity index is 1910. The molecule has 0 aromatic heterocycles. The number of unbranched alkanes of at least 4 members (excludes halogenated alkanes) is 52. The predicted octanol–water partition coefficient (Wildman–Crippen LogP) is 24.4. The molecular weight excluding hydrogens is 1310 g/mol. The van der Waals surface area contributed by atoms with Gasteiger partial charge in [-0.3, -0.25) is 37.3 Å². The number of hydrogen-bond acceptors (Lipinski definition) is 15. The van der Waals surface area contributed by atoms with Crippen molar-refractivity contribution >= 4 is 39.5 Å². The molecule has 0 spiro atoms. The summed E-state index contributed by atoms with van der Waals surface area (Å²) in [4.78, 5) is 73.0. The van der Waals surface area contributed by atoms with Crippen LogP contribution in [0.4, 0.5) is 0 Å². The number of phosphoric ester groups is 2. The molecule has 0 rings (SSSR count). The van der Waals surface area contributed by atoms with Gasteiger partial charge < -0.3 is 33.8 Å². The van der Waals surface area contributed by atoms with Crippen molar-refractivity contribution in [1.29, 1.82) is 0 Å². The maximum Gasteiger partial charge on any atom is 0.472 e. The summed E-state index contributed by atoms with van der Waals surface area (Å²) in [7, 11) is -9.92. The van der Waals surface area contributed by atoms with Crippen molar-refractivity contribution in [1.82, 2.24) is 0 Å². The van der Waals surface area contributed by atoms with Gasteiger partial charge in [-0.25, -0.2) is 9.13 Å². The zero-order chi connectivity index (χ0) is 73.4. The fraction of sp³-hybridized carbons (Fsp3) is 0.951. The first-order valence-corrected chi connectivity index (χ1v) is 45.2. The molecule has 3 unspecified atom stereocenters. The van der Waals surface area contributed by atoms with Crippen LogP contribution in [-0.4, -0.2) is 96.7 Å². The minimum absolute atomic E-state index is 0.107. The van der Waals surface area contributed by atoms with Crippen molar-refractivity contribution in [2.75, 3.05) is 39.6 Å². The molecule has 594 valence electrons.